The monoisotopic (exact) mass is 362 g/mol. The summed E-state index contributed by atoms with van der Waals surface area (Å²) in [5, 5.41) is 0. The standard InChI is InChI=1S/C18H19FN2O5/c1-12(26-16-5-3-13(19)4-6-16)18(23)21-20-17(22)11-25-15-9-7-14(24-2)8-10-15/h3-10,12H,11H2,1-2H3,(H,20,22)(H,21,23)/t12-/m0/s1. The van der Waals surface area contributed by atoms with E-state index < -0.39 is 23.7 Å². The summed E-state index contributed by atoms with van der Waals surface area (Å²) < 4.78 is 28.5. The van der Waals surface area contributed by atoms with Gasteiger partial charge in [0.1, 0.15) is 23.1 Å². The number of benzene rings is 2. The molecule has 0 aliphatic rings. The molecule has 0 radical (unpaired) electrons. The van der Waals surface area contributed by atoms with Gasteiger partial charge in [-0.15, -0.1) is 0 Å². The third-order valence-electron chi connectivity index (χ3n) is 3.25. The van der Waals surface area contributed by atoms with Gasteiger partial charge in [-0.1, -0.05) is 0 Å². The molecule has 138 valence electrons. The second kappa shape index (κ2) is 9.26. The molecule has 0 unspecified atom stereocenters. The molecule has 0 fully saturated rings. The van der Waals surface area contributed by atoms with E-state index in [-0.39, 0.29) is 6.61 Å². The van der Waals surface area contributed by atoms with Gasteiger partial charge in [-0.2, -0.15) is 0 Å². The fourth-order valence-corrected chi connectivity index (χ4v) is 1.86. The lowest BCUT2D eigenvalue weighted by molar-refractivity contribution is -0.133. The number of carbonyl (C=O) groups excluding carboxylic acids is 2. The summed E-state index contributed by atoms with van der Waals surface area (Å²) in [6.45, 7) is 1.22. The number of hydrogen-bond donors (Lipinski definition) is 2. The van der Waals surface area contributed by atoms with Gasteiger partial charge in [0, 0.05) is 0 Å². The van der Waals surface area contributed by atoms with E-state index in [9.17, 15) is 14.0 Å². The lowest BCUT2D eigenvalue weighted by atomic mass is 10.3. The van der Waals surface area contributed by atoms with Crippen LogP contribution < -0.4 is 25.1 Å². The van der Waals surface area contributed by atoms with E-state index in [4.69, 9.17) is 14.2 Å². The molecular weight excluding hydrogens is 343 g/mol. The Morgan fingerprint density at radius 2 is 1.54 bits per heavy atom. The minimum atomic E-state index is -0.886. The molecule has 1 atom stereocenters. The largest absolute Gasteiger partial charge is 0.497 e. The van der Waals surface area contributed by atoms with Crippen molar-refractivity contribution in [1.29, 1.82) is 0 Å². The van der Waals surface area contributed by atoms with Crippen molar-refractivity contribution in [3.8, 4) is 17.2 Å². The summed E-state index contributed by atoms with van der Waals surface area (Å²) >= 11 is 0. The molecule has 0 aliphatic heterocycles. The molecule has 0 spiro atoms. The van der Waals surface area contributed by atoms with Gasteiger partial charge in [-0.05, 0) is 55.5 Å². The Kier molecular flexibility index (Phi) is 6.78. The molecular formula is C18H19FN2O5. The highest BCUT2D eigenvalue weighted by Crippen LogP contribution is 2.16. The fraction of sp³-hybridized carbons (Fsp3) is 0.222. The molecule has 26 heavy (non-hydrogen) atoms. The molecule has 0 heterocycles. The van der Waals surface area contributed by atoms with Crippen LogP contribution in [0.1, 0.15) is 6.92 Å². The van der Waals surface area contributed by atoms with Gasteiger partial charge in [0.2, 0.25) is 0 Å². The van der Waals surface area contributed by atoms with E-state index in [0.29, 0.717) is 17.2 Å². The van der Waals surface area contributed by atoms with Crippen molar-refractivity contribution in [1.82, 2.24) is 10.9 Å². The van der Waals surface area contributed by atoms with Gasteiger partial charge < -0.3 is 14.2 Å². The highest BCUT2D eigenvalue weighted by atomic mass is 19.1. The van der Waals surface area contributed by atoms with Crippen molar-refractivity contribution in [3.63, 3.8) is 0 Å². The van der Waals surface area contributed by atoms with Crippen molar-refractivity contribution < 1.29 is 28.2 Å². The van der Waals surface area contributed by atoms with Crippen molar-refractivity contribution in [2.24, 2.45) is 0 Å². The summed E-state index contributed by atoms with van der Waals surface area (Å²) in [5.41, 5.74) is 4.45. The molecule has 2 N–H and O–H groups in total. The number of hydrogen-bond acceptors (Lipinski definition) is 5. The number of methoxy groups -OCH3 is 1. The zero-order valence-electron chi connectivity index (χ0n) is 14.3. The molecule has 0 aliphatic carbocycles. The van der Waals surface area contributed by atoms with Crippen molar-refractivity contribution >= 4 is 11.8 Å². The first-order chi connectivity index (χ1) is 12.5. The number of amides is 2. The Morgan fingerprint density at radius 1 is 0.962 bits per heavy atom. The van der Waals surface area contributed by atoms with E-state index in [1.165, 1.54) is 31.2 Å². The summed E-state index contributed by atoms with van der Waals surface area (Å²) in [4.78, 5) is 23.6. The summed E-state index contributed by atoms with van der Waals surface area (Å²) in [6, 6.07) is 12.0. The smallest absolute Gasteiger partial charge is 0.279 e. The number of carbonyl (C=O) groups is 2. The maximum atomic E-state index is 12.8. The number of hydrazine groups is 1. The maximum absolute atomic E-state index is 12.8. The molecule has 0 bridgehead atoms. The van der Waals surface area contributed by atoms with E-state index in [0.717, 1.165) is 0 Å². The number of nitrogens with one attached hydrogen (secondary N) is 2. The van der Waals surface area contributed by atoms with E-state index in [2.05, 4.69) is 10.9 Å². The second-order valence-electron chi connectivity index (χ2n) is 5.22. The molecule has 8 heteroatoms. The average molecular weight is 362 g/mol. The topological polar surface area (TPSA) is 85.9 Å². The van der Waals surface area contributed by atoms with Crippen molar-refractivity contribution in [3.05, 3.63) is 54.3 Å². The lowest BCUT2D eigenvalue weighted by Gasteiger charge is -2.15. The molecule has 7 nitrogen and oxygen atoms in total. The number of halogens is 1. The van der Waals surface area contributed by atoms with Crippen LogP contribution in [0, 0.1) is 5.82 Å². The lowest BCUT2D eigenvalue weighted by Crippen LogP contribution is -2.48. The molecule has 0 aromatic heterocycles. The zero-order valence-corrected chi connectivity index (χ0v) is 14.3. The van der Waals surface area contributed by atoms with Crippen LogP contribution in [0.25, 0.3) is 0 Å². The van der Waals surface area contributed by atoms with E-state index in [1.807, 2.05) is 0 Å². The third kappa shape index (κ3) is 5.97. The van der Waals surface area contributed by atoms with Gasteiger partial charge in [0.05, 0.1) is 7.11 Å². The van der Waals surface area contributed by atoms with Crippen LogP contribution in [0.15, 0.2) is 48.5 Å². The highest BCUT2D eigenvalue weighted by molar-refractivity contribution is 5.85. The highest BCUT2D eigenvalue weighted by Gasteiger charge is 2.15. The fourth-order valence-electron chi connectivity index (χ4n) is 1.86. The normalized spacial score (nSPS) is 11.2. The first-order valence-corrected chi connectivity index (χ1v) is 7.75. The molecule has 0 saturated heterocycles. The average Bonchev–Trinajstić information content (AvgIpc) is 2.66. The number of ether oxygens (including phenoxy) is 3. The van der Waals surface area contributed by atoms with Gasteiger partial charge in [0.15, 0.2) is 12.7 Å². The molecule has 0 saturated carbocycles. The van der Waals surface area contributed by atoms with Crippen LogP contribution in [0.4, 0.5) is 4.39 Å². The quantitative estimate of drug-likeness (QED) is 0.734. The van der Waals surface area contributed by atoms with Crippen LogP contribution in [0.3, 0.4) is 0 Å². The van der Waals surface area contributed by atoms with Crippen LogP contribution in [-0.4, -0.2) is 31.6 Å². The summed E-state index contributed by atoms with van der Waals surface area (Å²) in [6.07, 6.45) is -0.886. The predicted octanol–water partition coefficient (Wildman–Crippen LogP) is 1.83. The Balaban J connectivity index is 1.71. The van der Waals surface area contributed by atoms with Crippen molar-refractivity contribution in [2.45, 2.75) is 13.0 Å². The second-order valence-corrected chi connectivity index (χ2v) is 5.22. The van der Waals surface area contributed by atoms with Gasteiger partial charge in [0.25, 0.3) is 11.8 Å². The molecule has 2 rings (SSSR count). The Bertz CT molecular complexity index is 734. The molecule has 2 aromatic rings. The van der Waals surface area contributed by atoms with Crippen molar-refractivity contribution in [2.75, 3.05) is 13.7 Å². The summed E-state index contributed by atoms with van der Waals surface area (Å²) in [7, 11) is 1.55. The molecule has 2 amide bonds. The third-order valence-corrected chi connectivity index (χ3v) is 3.25. The zero-order chi connectivity index (χ0) is 18.9. The minimum absolute atomic E-state index is 0.278. The molecule has 2 aromatic carbocycles. The Hall–Kier alpha value is -3.29. The first kappa shape index (κ1) is 19.0. The summed E-state index contributed by atoms with van der Waals surface area (Å²) in [5.74, 6) is -0.0124. The van der Waals surface area contributed by atoms with Gasteiger partial charge in [-0.25, -0.2) is 4.39 Å². The first-order valence-electron chi connectivity index (χ1n) is 7.75. The maximum Gasteiger partial charge on any atom is 0.279 e. The van der Waals surface area contributed by atoms with Gasteiger partial charge in [-0.3, -0.25) is 20.4 Å². The van der Waals surface area contributed by atoms with Crippen LogP contribution in [0.5, 0.6) is 17.2 Å². The van der Waals surface area contributed by atoms with Crippen LogP contribution >= 0.6 is 0 Å². The number of rotatable bonds is 7. The van der Waals surface area contributed by atoms with Gasteiger partial charge >= 0.3 is 0 Å². The Morgan fingerprint density at radius 3 is 2.15 bits per heavy atom. The van der Waals surface area contributed by atoms with Crippen LogP contribution in [-0.2, 0) is 9.59 Å². The van der Waals surface area contributed by atoms with E-state index in [1.54, 1.807) is 31.4 Å². The predicted molar refractivity (Wildman–Crippen MR) is 91.3 cm³/mol. The van der Waals surface area contributed by atoms with Crippen LogP contribution in [0.2, 0.25) is 0 Å². The minimum Gasteiger partial charge on any atom is -0.497 e. The van der Waals surface area contributed by atoms with E-state index >= 15 is 0 Å². The Labute approximate surface area is 150 Å². The SMILES string of the molecule is COc1ccc(OCC(=O)NNC(=O)[C@H](C)Oc2ccc(F)cc2)cc1.